The molecule has 150 valence electrons. The van der Waals surface area contributed by atoms with Crippen molar-refractivity contribution in [1.82, 2.24) is 15.0 Å². The molecule has 3 aromatic rings. The molecule has 5 nitrogen and oxygen atoms in total. The van der Waals surface area contributed by atoms with Gasteiger partial charge in [-0.25, -0.2) is 14.4 Å². The van der Waals surface area contributed by atoms with Crippen LogP contribution in [0.3, 0.4) is 0 Å². The van der Waals surface area contributed by atoms with Crippen molar-refractivity contribution in [3.63, 3.8) is 0 Å². The second-order valence-corrected chi connectivity index (χ2v) is 7.11. The van der Waals surface area contributed by atoms with Gasteiger partial charge >= 0.3 is 0 Å². The molecule has 0 saturated carbocycles. The normalized spacial score (nSPS) is 24.2. The van der Waals surface area contributed by atoms with Crippen LogP contribution in [0.15, 0.2) is 61.3 Å². The van der Waals surface area contributed by atoms with Crippen LogP contribution in [0, 0.1) is 5.92 Å². The van der Waals surface area contributed by atoms with Crippen LogP contribution in [0.2, 0.25) is 0 Å². The van der Waals surface area contributed by atoms with Gasteiger partial charge in [-0.15, -0.1) is 0 Å². The summed E-state index contributed by atoms with van der Waals surface area (Å²) in [5.41, 5.74) is 2.03. The third-order valence-electron chi connectivity index (χ3n) is 5.93. The van der Waals surface area contributed by atoms with Crippen molar-refractivity contribution in [3.05, 3.63) is 66.9 Å². The van der Waals surface area contributed by atoms with Crippen molar-refractivity contribution in [1.29, 1.82) is 0 Å². The van der Waals surface area contributed by atoms with E-state index >= 15 is 4.39 Å². The van der Waals surface area contributed by atoms with Crippen LogP contribution in [-0.2, 0) is 5.67 Å². The Labute approximate surface area is 171 Å². The van der Waals surface area contributed by atoms with Crippen LogP contribution in [0.1, 0.15) is 39.7 Å². The van der Waals surface area contributed by atoms with E-state index in [2.05, 4.69) is 24.8 Å². The van der Waals surface area contributed by atoms with Crippen LogP contribution in [-0.4, -0.2) is 21.1 Å². The first-order valence-electron chi connectivity index (χ1n) is 10.2. The van der Waals surface area contributed by atoms with Crippen molar-refractivity contribution in [3.8, 4) is 0 Å². The zero-order valence-electron chi connectivity index (χ0n) is 17.2. The van der Waals surface area contributed by atoms with Gasteiger partial charge in [-0.05, 0) is 24.6 Å². The minimum Gasteiger partial charge on any atom is -0.315 e. The Balaban J connectivity index is 0.000000994. The zero-order chi connectivity index (χ0) is 20.6. The Kier molecular flexibility index (Phi) is 4.94. The Morgan fingerprint density at radius 2 is 1.72 bits per heavy atom. The van der Waals surface area contributed by atoms with Crippen molar-refractivity contribution >= 4 is 22.9 Å². The number of halogens is 1. The van der Waals surface area contributed by atoms with E-state index in [9.17, 15) is 0 Å². The highest BCUT2D eigenvalue weighted by molar-refractivity contribution is 5.87. The summed E-state index contributed by atoms with van der Waals surface area (Å²) in [6.45, 7) is 7.91. The summed E-state index contributed by atoms with van der Waals surface area (Å²) in [5, 5.41) is 0. The third-order valence-corrected chi connectivity index (χ3v) is 5.93. The Morgan fingerprint density at radius 3 is 2.45 bits per heavy atom. The predicted molar refractivity (Wildman–Crippen MR) is 114 cm³/mol. The van der Waals surface area contributed by atoms with Gasteiger partial charge in [0, 0.05) is 29.6 Å². The number of fused-ring (bicyclic) bond motifs is 5. The maximum absolute atomic E-state index is 16.3. The maximum Gasteiger partial charge on any atom is 0.162 e. The van der Waals surface area contributed by atoms with Gasteiger partial charge in [-0.1, -0.05) is 45.9 Å². The van der Waals surface area contributed by atoms with E-state index in [1.807, 2.05) is 70.3 Å². The van der Waals surface area contributed by atoms with Gasteiger partial charge < -0.3 is 9.80 Å². The van der Waals surface area contributed by atoms with Crippen LogP contribution >= 0.6 is 0 Å². The molecular weight excluding hydrogens is 365 g/mol. The number of aromatic nitrogens is 3. The molecule has 0 fully saturated rings. The molecule has 0 amide bonds. The fraction of sp³-hybridized carbons (Fsp3) is 0.348. The fourth-order valence-corrected chi connectivity index (χ4v) is 4.58. The molecular formula is C23H26FN5. The van der Waals surface area contributed by atoms with Crippen molar-refractivity contribution in [2.24, 2.45) is 5.92 Å². The zero-order valence-corrected chi connectivity index (χ0v) is 17.2. The molecule has 29 heavy (non-hydrogen) atoms. The number of rotatable bonds is 2. The van der Waals surface area contributed by atoms with Gasteiger partial charge in [0.05, 0.1) is 11.9 Å². The molecule has 5 rings (SSSR count). The molecule has 0 bridgehead atoms. The lowest BCUT2D eigenvalue weighted by molar-refractivity contribution is 0.0620. The van der Waals surface area contributed by atoms with Gasteiger partial charge in [-0.3, -0.25) is 4.98 Å². The van der Waals surface area contributed by atoms with Crippen LogP contribution in [0.4, 0.5) is 27.3 Å². The summed E-state index contributed by atoms with van der Waals surface area (Å²) in [6, 6.07) is 11.6. The quantitative estimate of drug-likeness (QED) is 0.557. The monoisotopic (exact) mass is 391 g/mol. The minimum atomic E-state index is -1.42. The molecule has 4 heterocycles. The smallest absolute Gasteiger partial charge is 0.162 e. The molecule has 6 heteroatoms. The highest BCUT2D eigenvalue weighted by atomic mass is 19.1. The van der Waals surface area contributed by atoms with E-state index in [-0.39, 0.29) is 12.1 Å². The topological polar surface area (TPSA) is 45.2 Å². The highest BCUT2D eigenvalue weighted by Gasteiger charge is 2.55. The van der Waals surface area contributed by atoms with Crippen molar-refractivity contribution in [2.45, 2.75) is 46.0 Å². The lowest BCUT2D eigenvalue weighted by Crippen LogP contribution is -2.54. The van der Waals surface area contributed by atoms with E-state index in [1.54, 1.807) is 18.7 Å². The van der Waals surface area contributed by atoms with Crippen LogP contribution in [0.25, 0.3) is 0 Å². The summed E-state index contributed by atoms with van der Waals surface area (Å²) >= 11 is 0. The summed E-state index contributed by atoms with van der Waals surface area (Å²) in [4.78, 5) is 17.2. The average molecular weight is 391 g/mol. The fourth-order valence-electron chi connectivity index (χ4n) is 4.58. The molecule has 1 aromatic carbocycles. The first-order valence-corrected chi connectivity index (χ1v) is 10.2. The lowest BCUT2D eigenvalue weighted by atomic mass is 9.75. The standard InChI is InChI=1S/C21H20FN5.C2H6/c1-3-21(22)14(2)20-26(15-8-10-23-11-9-15)18-12-24-13-25-19(18)27(20)17-7-5-4-6-16(17)21;1-2/h4-14,20H,3H2,1-2H3;1-2H3. The number of anilines is 4. The Bertz CT molecular complexity index is 995. The summed E-state index contributed by atoms with van der Waals surface area (Å²) < 4.78 is 16.3. The minimum absolute atomic E-state index is 0.223. The third kappa shape index (κ3) is 2.69. The van der Waals surface area contributed by atoms with Gasteiger partial charge in [0.2, 0.25) is 0 Å². The molecule has 0 spiro atoms. The van der Waals surface area contributed by atoms with Crippen molar-refractivity contribution in [2.75, 3.05) is 9.80 Å². The second kappa shape index (κ2) is 7.43. The van der Waals surface area contributed by atoms with Gasteiger partial charge in [0.25, 0.3) is 0 Å². The number of nitrogens with zero attached hydrogens (tertiary/aromatic N) is 5. The lowest BCUT2D eigenvalue weighted by Gasteiger charge is -2.48. The molecule has 2 aromatic heterocycles. The number of hydrogen-bond donors (Lipinski definition) is 0. The van der Waals surface area contributed by atoms with E-state index < -0.39 is 5.67 Å². The number of alkyl halides is 1. The molecule has 0 saturated heterocycles. The molecule has 3 atom stereocenters. The first-order chi connectivity index (χ1) is 14.2. The van der Waals surface area contributed by atoms with Crippen LogP contribution in [0.5, 0.6) is 0 Å². The van der Waals surface area contributed by atoms with Gasteiger partial charge in [-0.2, -0.15) is 0 Å². The number of benzene rings is 1. The van der Waals surface area contributed by atoms with Gasteiger partial charge in [0.1, 0.15) is 23.8 Å². The number of pyridine rings is 1. The number of hydrogen-bond acceptors (Lipinski definition) is 5. The maximum atomic E-state index is 16.3. The van der Waals surface area contributed by atoms with Crippen LogP contribution < -0.4 is 9.80 Å². The van der Waals surface area contributed by atoms with E-state index in [4.69, 9.17) is 0 Å². The highest BCUT2D eigenvalue weighted by Crippen LogP contribution is 2.58. The molecule has 3 unspecified atom stereocenters. The van der Waals surface area contributed by atoms with E-state index in [0.717, 1.165) is 28.4 Å². The van der Waals surface area contributed by atoms with E-state index in [1.165, 1.54) is 0 Å². The van der Waals surface area contributed by atoms with Crippen molar-refractivity contribution < 1.29 is 4.39 Å². The molecule has 0 aliphatic carbocycles. The predicted octanol–water partition coefficient (Wildman–Crippen LogP) is 5.74. The first kappa shape index (κ1) is 19.3. The Morgan fingerprint density at radius 1 is 1.00 bits per heavy atom. The number of para-hydroxylation sites is 1. The summed E-state index contributed by atoms with van der Waals surface area (Å²) in [5.74, 6) is 0.532. The largest absolute Gasteiger partial charge is 0.315 e. The SMILES string of the molecule is CC.CCC1(F)c2ccccc2N2c3ncncc3N(c3ccncc3)C2C1C. The van der Waals surface area contributed by atoms with Gasteiger partial charge in [0.15, 0.2) is 5.82 Å². The second-order valence-electron chi connectivity index (χ2n) is 7.11. The molecule has 2 aliphatic heterocycles. The molecule has 0 radical (unpaired) electrons. The molecule has 2 aliphatic rings. The summed E-state index contributed by atoms with van der Waals surface area (Å²) in [6.07, 6.45) is 7.07. The average Bonchev–Trinajstić information content (AvgIpc) is 3.15. The van der Waals surface area contributed by atoms with E-state index in [0.29, 0.717) is 6.42 Å². The molecule has 0 N–H and O–H groups in total. The summed E-state index contributed by atoms with van der Waals surface area (Å²) in [7, 11) is 0. The Hall–Kier alpha value is -3.02.